The predicted octanol–water partition coefficient (Wildman–Crippen LogP) is 2.51. The minimum Gasteiger partial charge on any atom is -0.444 e. The van der Waals surface area contributed by atoms with Gasteiger partial charge in [0.15, 0.2) is 0 Å². The molecule has 1 aromatic rings. The molecule has 1 amide bonds. The van der Waals surface area contributed by atoms with E-state index in [2.05, 4.69) is 5.32 Å². The fourth-order valence-corrected chi connectivity index (χ4v) is 1.62. The summed E-state index contributed by atoms with van der Waals surface area (Å²) < 4.78 is 5.21. The average molecular weight is 280 g/mol. The van der Waals surface area contributed by atoms with E-state index in [4.69, 9.17) is 10.5 Å². The van der Waals surface area contributed by atoms with Crippen LogP contribution in [0.15, 0.2) is 18.2 Å². The van der Waals surface area contributed by atoms with Crippen molar-refractivity contribution in [3.05, 3.63) is 29.3 Å². The maximum atomic E-state index is 11.8. The first-order valence-electron chi connectivity index (χ1n) is 6.59. The van der Waals surface area contributed by atoms with E-state index in [1.807, 2.05) is 13.0 Å². The Morgan fingerprint density at radius 3 is 2.45 bits per heavy atom. The molecule has 0 radical (unpaired) electrons. The molecule has 0 saturated carbocycles. The third-order valence-corrected chi connectivity index (χ3v) is 2.89. The van der Waals surface area contributed by atoms with Gasteiger partial charge in [-0.15, -0.1) is 0 Å². The van der Waals surface area contributed by atoms with Crippen LogP contribution in [-0.2, 0) is 10.3 Å². The van der Waals surface area contributed by atoms with Crippen LogP contribution in [0.1, 0.15) is 38.8 Å². The molecule has 112 valence electrons. The molecular formula is C15H24N2O3. The van der Waals surface area contributed by atoms with E-state index in [1.54, 1.807) is 39.8 Å². The Kier molecular flexibility index (Phi) is 4.78. The first-order chi connectivity index (χ1) is 9.05. The van der Waals surface area contributed by atoms with Crippen molar-refractivity contribution in [2.45, 2.75) is 45.8 Å². The number of aliphatic hydroxyl groups is 1. The smallest absolute Gasteiger partial charge is 0.412 e. The zero-order valence-corrected chi connectivity index (χ0v) is 12.8. The van der Waals surface area contributed by atoms with Gasteiger partial charge in [-0.3, -0.25) is 5.32 Å². The minimum absolute atomic E-state index is 0.0991. The van der Waals surface area contributed by atoms with Gasteiger partial charge in [0.2, 0.25) is 0 Å². The first-order valence-corrected chi connectivity index (χ1v) is 6.59. The largest absolute Gasteiger partial charge is 0.444 e. The SMILES string of the molecule is Cc1ccc(C(C)(O)CN)cc1NC(=O)OC(C)(C)C. The predicted molar refractivity (Wildman–Crippen MR) is 79.7 cm³/mol. The van der Waals surface area contributed by atoms with Gasteiger partial charge in [-0.05, 0) is 51.8 Å². The highest BCUT2D eigenvalue weighted by Gasteiger charge is 2.22. The van der Waals surface area contributed by atoms with Crippen LogP contribution in [0.3, 0.4) is 0 Å². The molecule has 0 saturated heterocycles. The number of carbonyl (C=O) groups excluding carboxylic acids is 1. The normalized spacial score (nSPS) is 14.6. The Balaban J connectivity index is 2.96. The monoisotopic (exact) mass is 280 g/mol. The van der Waals surface area contributed by atoms with Crippen molar-refractivity contribution >= 4 is 11.8 Å². The Hall–Kier alpha value is -1.59. The van der Waals surface area contributed by atoms with Gasteiger partial charge in [0.25, 0.3) is 0 Å². The van der Waals surface area contributed by atoms with E-state index in [-0.39, 0.29) is 6.54 Å². The number of nitrogens with one attached hydrogen (secondary N) is 1. The molecule has 5 heteroatoms. The molecule has 0 aromatic heterocycles. The van der Waals surface area contributed by atoms with E-state index in [9.17, 15) is 9.90 Å². The van der Waals surface area contributed by atoms with E-state index in [0.29, 0.717) is 11.3 Å². The quantitative estimate of drug-likeness (QED) is 0.794. The van der Waals surface area contributed by atoms with Crippen molar-refractivity contribution in [1.29, 1.82) is 0 Å². The van der Waals surface area contributed by atoms with E-state index >= 15 is 0 Å². The van der Waals surface area contributed by atoms with Crippen LogP contribution in [0.25, 0.3) is 0 Å². The highest BCUT2D eigenvalue weighted by molar-refractivity contribution is 5.86. The van der Waals surface area contributed by atoms with Crippen molar-refractivity contribution in [3.8, 4) is 0 Å². The van der Waals surface area contributed by atoms with E-state index in [1.165, 1.54) is 0 Å². The molecule has 0 bridgehead atoms. The lowest BCUT2D eigenvalue weighted by Gasteiger charge is -2.24. The van der Waals surface area contributed by atoms with Crippen LogP contribution in [0.5, 0.6) is 0 Å². The summed E-state index contributed by atoms with van der Waals surface area (Å²) in [5.41, 5.74) is 6.00. The number of amides is 1. The lowest BCUT2D eigenvalue weighted by molar-refractivity contribution is 0.0629. The molecule has 0 aliphatic heterocycles. The van der Waals surface area contributed by atoms with Crippen molar-refractivity contribution in [3.63, 3.8) is 0 Å². The summed E-state index contributed by atoms with van der Waals surface area (Å²) in [6.07, 6.45) is -0.523. The molecular weight excluding hydrogens is 256 g/mol. The Labute approximate surface area is 120 Å². The Morgan fingerprint density at radius 2 is 1.95 bits per heavy atom. The number of ether oxygens (including phenoxy) is 1. The summed E-state index contributed by atoms with van der Waals surface area (Å²) in [6, 6.07) is 5.33. The second-order valence-corrected chi connectivity index (χ2v) is 6.13. The van der Waals surface area contributed by atoms with E-state index < -0.39 is 17.3 Å². The van der Waals surface area contributed by atoms with Crippen LogP contribution in [0.2, 0.25) is 0 Å². The third-order valence-electron chi connectivity index (χ3n) is 2.89. The minimum atomic E-state index is -1.13. The maximum Gasteiger partial charge on any atom is 0.412 e. The van der Waals surface area contributed by atoms with Crippen LogP contribution in [0.4, 0.5) is 10.5 Å². The van der Waals surface area contributed by atoms with Crippen molar-refractivity contribution in [1.82, 2.24) is 0 Å². The zero-order valence-electron chi connectivity index (χ0n) is 12.8. The first kappa shape index (κ1) is 16.5. The topological polar surface area (TPSA) is 84.6 Å². The maximum absolute atomic E-state index is 11.8. The van der Waals surface area contributed by atoms with Crippen molar-refractivity contribution < 1.29 is 14.6 Å². The number of hydrogen-bond donors (Lipinski definition) is 3. The number of hydrogen-bond acceptors (Lipinski definition) is 4. The van der Waals surface area contributed by atoms with Crippen LogP contribution in [-0.4, -0.2) is 23.3 Å². The molecule has 0 spiro atoms. The van der Waals surface area contributed by atoms with Gasteiger partial charge in [0, 0.05) is 12.2 Å². The van der Waals surface area contributed by atoms with Gasteiger partial charge in [-0.25, -0.2) is 4.79 Å². The van der Waals surface area contributed by atoms with Gasteiger partial charge in [0.05, 0.1) is 5.60 Å². The highest BCUT2D eigenvalue weighted by atomic mass is 16.6. The standard InChI is InChI=1S/C15H24N2O3/c1-10-6-7-11(15(5,19)9-16)8-12(10)17-13(18)20-14(2,3)4/h6-8,19H,9,16H2,1-5H3,(H,17,18). The summed E-state index contributed by atoms with van der Waals surface area (Å²) in [5, 5.41) is 12.9. The van der Waals surface area contributed by atoms with Gasteiger partial charge < -0.3 is 15.6 Å². The van der Waals surface area contributed by atoms with Crippen LogP contribution >= 0.6 is 0 Å². The molecule has 1 aromatic carbocycles. The fraction of sp³-hybridized carbons (Fsp3) is 0.533. The lowest BCUT2D eigenvalue weighted by atomic mass is 9.94. The molecule has 5 nitrogen and oxygen atoms in total. The second-order valence-electron chi connectivity index (χ2n) is 6.13. The summed E-state index contributed by atoms with van der Waals surface area (Å²) >= 11 is 0. The number of aryl methyl sites for hydroxylation is 1. The molecule has 0 fully saturated rings. The summed E-state index contributed by atoms with van der Waals surface area (Å²) in [6.45, 7) is 9.00. The molecule has 4 N–H and O–H groups in total. The fourth-order valence-electron chi connectivity index (χ4n) is 1.62. The van der Waals surface area contributed by atoms with Gasteiger partial charge >= 0.3 is 6.09 Å². The number of carbonyl (C=O) groups is 1. The molecule has 1 atom stereocenters. The van der Waals surface area contributed by atoms with Gasteiger partial charge in [0.1, 0.15) is 5.60 Å². The molecule has 1 unspecified atom stereocenters. The molecule has 0 aliphatic rings. The zero-order chi connectivity index (χ0) is 15.6. The van der Waals surface area contributed by atoms with Crippen molar-refractivity contribution in [2.75, 3.05) is 11.9 Å². The second kappa shape index (κ2) is 5.81. The van der Waals surface area contributed by atoms with Gasteiger partial charge in [-0.2, -0.15) is 0 Å². The highest BCUT2D eigenvalue weighted by Crippen LogP contribution is 2.25. The summed E-state index contributed by atoms with van der Waals surface area (Å²) in [5.74, 6) is 0. The van der Waals surface area contributed by atoms with Gasteiger partial charge in [-0.1, -0.05) is 12.1 Å². The molecule has 1 rings (SSSR count). The Bertz CT molecular complexity index is 490. The average Bonchev–Trinajstić information content (AvgIpc) is 2.29. The van der Waals surface area contributed by atoms with Crippen molar-refractivity contribution in [2.24, 2.45) is 5.73 Å². The lowest BCUT2D eigenvalue weighted by Crippen LogP contribution is -2.31. The number of anilines is 1. The van der Waals surface area contributed by atoms with Crippen LogP contribution < -0.4 is 11.1 Å². The summed E-state index contributed by atoms with van der Waals surface area (Å²) in [4.78, 5) is 11.8. The van der Waals surface area contributed by atoms with E-state index in [0.717, 1.165) is 5.56 Å². The number of nitrogens with two attached hydrogens (primary N) is 1. The molecule has 0 heterocycles. The number of benzene rings is 1. The molecule has 0 aliphatic carbocycles. The Morgan fingerprint density at radius 1 is 1.35 bits per heavy atom. The van der Waals surface area contributed by atoms with Crippen LogP contribution in [0, 0.1) is 6.92 Å². The summed E-state index contributed by atoms with van der Waals surface area (Å²) in [7, 11) is 0. The third kappa shape index (κ3) is 4.51. The molecule has 20 heavy (non-hydrogen) atoms. The number of rotatable bonds is 3.